The van der Waals surface area contributed by atoms with Crippen molar-refractivity contribution in [1.29, 1.82) is 5.26 Å². The predicted octanol–water partition coefficient (Wildman–Crippen LogP) is 0.229. The zero-order valence-electron chi connectivity index (χ0n) is 10.0. The highest BCUT2D eigenvalue weighted by atomic mass is 16.6. The maximum absolute atomic E-state index is 11.2. The van der Waals surface area contributed by atoms with Gasteiger partial charge in [-0.25, -0.2) is 19.4 Å². The van der Waals surface area contributed by atoms with Crippen LogP contribution >= 0.6 is 0 Å². The maximum Gasteiger partial charge on any atom is 0.377 e. The number of nitrogens with zero attached hydrogens (tertiary/aromatic N) is 6. The molecule has 100 valence electrons. The van der Waals surface area contributed by atoms with Crippen LogP contribution in [0.3, 0.4) is 0 Å². The number of nitro groups is 1. The largest absolute Gasteiger partial charge is 0.463 e. The summed E-state index contributed by atoms with van der Waals surface area (Å²) in [5, 5.41) is 23.4. The number of nitriles is 1. The van der Waals surface area contributed by atoms with Crippen LogP contribution in [0, 0.1) is 21.4 Å². The van der Waals surface area contributed by atoms with Crippen molar-refractivity contribution in [3.05, 3.63) is 40.1 Å². The van der Waals surface area contributed by atoms with Crippen LogP contribution in [0.1, 0.15) is 16.2 Å². The van der Waals surface area contributed by atoms with Gasteiger partial charge in [0, 0.05) is 6.07 Å². The molecule has 2 aromatic heterocycles. The summed E-state index contributed by atoms with van der Waals surface area (Å²) in [6.07, 6.45) is 2.14. The highest BCUT2D eigenvalue weighted by Gasteiger charge is 2.17. The molecule has 0 bridgehead atoms. The van der Waals surface area contributed by atoms with E-state index < -0.39 is 10.9 Å². The van der Waals surface area contributed by atoms with Gasteiger partial charge in [-0.1, -0.05) is 0 Å². The summed E-state index contributed by atoms with van der Waals surface area (Å²) < 4.78 is 5.50. The van der Waals surface area contributed by atoms with Crippen LogP contribution in [0.2, 0.25) is 0 Å². The van der Waals surface area contributed by atoms with Gasteiger partial charge >= 0.3 is 5.97 Å². The summed E-state index contributed by atoms with van der Waals surface area (Å²) in [4.78, 5) is 28.6. The van der Waals surface area contributed by atoms with E-state index >= 15 is 0 Å². The number of carbonyl (C=O) groups is 1. The van der Waals surface area contributed by atoms with Crippen molar-refractivity contribution in [2.75, 3.05) is 7.11 Å². The summed E-state index contributed by atoms with van der Waals surface area (Å²) in [5.74, 6) is -0.929. The van der Waals surface area contributed by atoms with Gasteiger partial charge in [-0.3, -0.25) is 10.1 Å². The molecule has 0 radical (unpaired) electrons. The summed E-state index contributed by atoms with van der Waals surface area (Å²) in [6, 6.07) is 2.83. The Hall–Kier alpha value is -3.35. The Bertz CT molecular complexity index is 732. The van der Waals surface area contributed by atoms with E-state index in [0.717, 1.165) is 23.3 Å². The summed E-state index contributed by atoms with van der Waals surface area (Å²) >= 11 is 0. The Morgan fingerprint density at radius 3 is 2.90 bits per heavy atom. The van der Waals surface area contributed by atoms with E-state index in [1.807, 2.05) is 0 Å². The summed E-state index contributed by atoms with van der Waals surface area (Å²) in [5.41, 5.74) is -0.390. The third-order valence-corrected chi connectivity index (χ3v) is 2.26. The fourth-order valence-electron chi connectivity index (χ4n) is 1.36. The molecule has 2 rings (SSSR count). The number of rotatable bonds is 3. The van der Waals surface area contributed by atoms with Crippen molar-refractivity contribution in [3.8, 4) is 11.9 Å². The predicted molar refractivity (Wildman–Crippen MR) is 61.9 cm³/mol. The fourth-order valence-corrected chi connectivity index (χ4v) is 1.36. The molecule has 0 aromatic carbocycles. The van der Waals surface area contributed by atoms with Gasteiger partial charge in [0.1, 0.15) is 24.2 Å². The molecule has 0 fully saturated rings. The van der Waals surface area contributed by atoms with E-state index in [4.69, 9.17) is 5.26 Å². The lowest BCUT2D eigenvalue weighted by atomic mass is 10.2. The molecule has 0 spiro atoms. The van der Waals surface area contributed by atoms with E-state index in [9.17, 15) is 14.9 Å². The molecule has 10 heteroatoms. The van der Waals surface area contributed by atoms with Crippen molar-refractivity contribution in [2.24, 2.45) is 0 Å². The molecule has 0 aliphatic carbocycles. The van der Waals surface area contributed by atoms with Crippen LogP contribution < -0.4 is 0 Å². The Kier molecular flexibility index (Phi) is 3.34. The standard InChI is InChI=1S/C10H6N6O4/c1-20-10(17)8-13-5-15(14-8)9-6(3-11)2-7(4-12-9)16(18)19/h2,4-5H,1H3. The van der Waals surface area contributed by atoms with Crippen LogP contribution in [0.4, 0.5) is 5.69 Å². The molecule has 2 aromatic rings. The first-order chi connectivity index (χ1) is 9.56. The van der Waals surface area contributed by atoms with Crippen LogP contribution in [-0.4, -0.2) is 37.8 Å². The molecular formula is C10H6N6O4. The molecule has 0 atom stereocenters. The lowest BCUT2D eigenvalue weighted by molar-refractivity contribution is -0.385. The quantitative estimate of drug-likeness (QED) is 0.440. The van der Waals surface area contributed by atoms with Crippen molar-refractivity contribution in [1.82, 2.24) is 19.7 Å². The van der Waals surface area contributed by atoms with Crippen LogP contribution in [0.5, 0.6) is 0 Å². The van der Waals surface area contributed by atoms with E-state index in [1.54, 1.807) is 6.07 Å². The summed E-state index contributed by atoms with van der Waals surface area (Å²) in [7, 11) is 1.17. The summed E-state index contributed by atoms with van der Waals surface area (Å²) in [6.45, 7) is 0. The van der Waals surface area contributed by atoms with E-state index in [2.05, 4.69) is 19.8 Å². The number of esters is 1. The average molecular weight is 274 g/mol. The van der Waals surface area contributed by atoms with Crippen LogP contribution in [-0.2, 0) is 4.74 Å². The van der Waals surface area contributed by atoms with Gasteiger partial charge in [0.2, 0.25) is 0 Å². The van der Waals surface area contributed by atoms with E-state index in [1.165, 1.54) is 7.11 Å². The number of carbonyl (C=O) groups excluding carboxylic acids is 1. The number of aromatic nitrogens is 4. The number of pyridine rings is 1. The zero-order chi connectivity index (χ0) is 14.7. The van der Waals surface area contributed by atoms with E-state index in [0.29, 0.717) is 0 Å². The average Bonchev–Trinajstić information content (AvgIpc) is 2.95. The first-order valence-electron chi connectivity index (χ1n) is 5.11. The second-order valence-electron chi connectivity index (χ2n) is 3.44. The van der Waals surface area contributed by atoms with Crippen molar-refractivity contribution in [2.45, 2.75) is 0 Å². The minimum absolute atomic E-state index is 0.0285. The van der Waals surface area contributed by atoms with Crippen molar-refractivity contribution in [3.63, 3.8) is 0 Å². The molecule has 0 N–H and O–H groups in total. The van der Waals surface area contributed by atoms with Gasteiger partial charge in [0.15, 0.2) is 5.82 Å². The number of hydrogen-bond donors (Lipinski definition) is 0. The second kappa shape index (κ2) is 5.11. The first kappa shape index (κ1) is 13.1. The van der Waals surface area contributed by atoms with Gasteiger partial charge in [-0.05, 0) is 0 Å². The van der Waals surface area contributed by atoms with Crippen LogP contribution in [0.25, 0.3) is 5.82 Å². The molecule has 2 heterocycles. The monoisotopic (exact) mass is 274 g/mol. The smallest absolute Gasteiger partial charge is 0.377 e. The Morgan fingerprint density at radius 2 is 2.30 bits per heavy atom. The molecule has 0 amide bonds. The van der Waals surface area contributed by atoms with Crippen molar-refractivity contribution < 1.29 is 14.5 Å². The number of ether oxygens (including phenoxy) is 1. The normalized spacial score (nSPS) is 9.80. The van der Waals surface area contributed by atoms with Gasteiger partial charge in [0.25, 0.3) is 11.5 Å². The molecule has 0 unspecified atom stereocenters. The van der Waals surface area contributed by atoms with Crippen LogP contribution in [0.15, 0.2) is 18.6 Å². The van der Waals surface area contributed by atoms with Gasteiger partial charge in [-0.2, -0.15) is 5.26 Å². The lowest BCUT2D eigenvalue weighted by Crippen LogP contribution is -2.07. The zero-order valence-corrected chi connectivity index (χ0v) is 10.0. The maximum atomic E-state index is 11.2. The molecular weight excluding hydrogens is 268 g/mol. The molecule has 0 saturated heterocycles. The van der Waals surface area contributed by atoms with Crippen molar-refractivity contribution >= 4 is 11.7 Å². The van der Waals surface area contributed by atoms with Gasteiger partial charge < -0.3 is 4.74 Å². The lowest BCUT2D eigenvalue weighted by Gasteiger charge is -2.01. The molecule has 0 saturated carbocycles. The minimum atomic E-state index is -0.746. The SMILES string of the molecule is COC(=O)c1ncn(-c2ncc([N+](=O)[O-])cc2C#N)n1. The second-order valence-corrected chi connectivity index (χ2v) is 3.44. The Balaban J connectivity index is 2.48. The molecule has 0 aliphatic rings. The Labute approximate surface area is 111 Å². The molecule has 0 aliphatic heterocycles. The van der Waals surface area contributed by atoms with E-state index in [-0.39, 0.29) is 22.9 Å². The van der Waals surface area contributed by atoms with Gasteiger partial charge in [0.05, 0.1) is 12.0 Å². The molecule has 20 heavy (non-hydrogen) atoms. The third-order valence-electron chi connectivity index (χ3n) is 2.26. The fraction of sp³-hybridized carbons (Fsp3) is 0.100. The highest BCUT2D eigenvalue weighted by molar-refractivity contribution is 5.84. The van der Waals surface area contributed by atoms with Gasteiger partial charge in [-0.15, -0.1) is 5.10 Å². The highest BCUT2D eigenvalue weighted by Crippen LogP contribution is 2.17. The topological polar surface area (TPSA) is 137 Å². The number of hydrogen-bond acceptors (Lipinski definition) is 8. The first-order valence-corrected chi connectivity index (χ1v) is 5.11. The third kappa shape index (κ3) is 2.27. The Morgan fingerprint density at radius 1 is 1.55 bits per heavy atom. The number of methoxy groups -OCH3 is 1. The molecule has 10 nitrogen and oxygen atoms in total. The minimum Gasteiger partial charge on any atom is -0.463 e.